The van der Waals surface area contributed by atoms with Crippen molar-refractivity contribution in [3.63, 3.8) is 0 Å². The summed E-state index contributed by atoms with van der Waals surface area (Å²) in [6.45, 7) is 5.18. The monoisotopic (exact) mass is 252 g/mol. The van der Waals surface area contributed by atoms with Crippen LogP contribution in [0.5, 0.6) is 5.75 Å². The van der Waals surface area contributed by atoms with E-state index in [1.54, 1.807) is 6.07 Å². The lowest BCUT2D eigenvalue weighted by atomic mass is 10.1. The second-order valence-electron chi connectivity index (χ2n) is 4.29. The van der Waals surface area contributed by atoms with Crippen molar-refractivity contribution < 1.29 is 24.2 Å². The van der Waals surface area contributed by atoms with Crippen LogP contribution in [0.25, 0.3) is 0 Å². The number of hydrogen-bond donors (Lipinski definition) is 1. The van der Waals surface area contributed by atoms with Gasteiger partial charge in [-0.05, 0) is 29.7 Å². The van der Waals surface area contributed by atoms with Gasteiger partial charge in [0, 0.05) is 6.61 Å². The van der Waals surface area contributed by atoms with E-state index in [9.17, 15) is 9.59 Å². The average Bonchev–Trinajstić information content (AvgIpc) is 2.28. The topological polar surface area (TPSA) is 72.8 Å². The first-order chi connectivity index (χ1) is 8.52. The Bertz CT molecular complexity index is 425. The Hall–Kier alpha value is -1.88. The van der Waals surface area contributed by atoms with Gasteiger partial charge in [-0.25, -0.2) is 4.79 Å². The molecule has 1 N–H and O–H groups in total. The lowest BCUT2D eigenvalue weighted by Gasteiger charge is -2.09. The van der Waals surface area contributed by atoms with Gasteiger partial charge in [0.1, 0.15) is 5.75 Å². The number of carbonyl (C=O) groups excluding carboxylic acids is 1. The fraction of sp³-hybridized carbons (Fsp3) is 0.385. The highest BCUT2D eigenvalue weighted by molar-refractivity contribution is 5.88. The predicted octanol–water partition coefficient (Wildman–Crippen LogP) is 2.09. The van der Waals surface area contributed by atoms with Gasteiger partial charge in [-0.3, -0.25) is 4.79 Å². The highest BCUT2D eigenvalue weighted by atomic mass is 16.5. The van der Waals surface area contributed by atoms with Crippen molar-refractivity contribution in [3.05, 3.63) is 29.3 Å². The molecule has 0 spiro atoms. The molecule has 1 aromatic rings. The van der Waals surface area contributed by atoms with Crippen LogP contribution < -0.4 is 4.74 Å². The van der Waals surface area contributed by atoms with E-state index < -0.39 is 5.97 Å². The molecule has 5 nitrogen and oxygen atoms in total. The molecule has 98 valence electrons. The lowest BCUT2D eigenvalue weighted by molar-refractivity contribution is -0.120. The Labute approximate surface area is 105 Å². The third kappa shape index (κ3) is 4.55. The minimum Gasteiger partial charge on any atom is -0.478 e. The first-order valence-electron chi connectivity index (χ1n) is 5.58. The first kappa shape index (κ1) is 14.2. The smallest absolute Gasteiger partial charge is 0.335 e. The summed E-state index contributed by atoms with van der Waals surface area (Å²) in [5.74, 6) is -0.470. The Morgan fingerprint density at radius 2 is 2.11 bits per heavy atom. The zero-order valence-corrected chi connectivity index (χ0v) is 10.4. The molecule has 0 saturated carbocycles. The zero-order valence-electron chi connectivity index (χ0n) is 10.4. The summed E-state index contributed by atoms with van der Waals surface area (Å²) in [7, 11) is 0. The van der Waals surface area contributed by atoms with Crippen molar-refractivity contribution in [2.75, 3.05) is 6.61 Å². The molecule has 0 amide bonds. The quantitative estimate of drug-likeness (QED) is 0.752. The van der Waals surface area contributed by atoms with Gasteiger partial charge in [0.2, 0.25) is 0 Å². The number of carboxylic acid groups (broad SMARTS) is 1. The van der Waals surface area contributed by atoms with E-state index in [2.05, 4.69) is 4.74 Å². The molecule has 0 aliphatic rings. The number of rotatable bonds is 7. The molecule has 0 saturated heterocycles. The van der Waals surface area contributed by atoms with Gasteiger partial charge in [-0.1, -0.05) is 13.8 Å². The third-order valence-corrected chi connectivity index (χ3v) is 2.12. The molecule has 0 atom stereocenters. The number of ether oxygens (including phenoxy) is 2. The average molecular weight is 252 g/mol. The molecular formula is C13H16O5. The molecule has 0 fully saturated rings. The number of aromatic carboxylic acids is 1. The predicted molar refractivity (Wildman–Crippen MR) is 64.6 cm³/mol. The van der Waals surface area contributed by atoms with Gasteiger partial charge in [-0.15, -0.1) is 0 Å². The van der Waals surface area contributed by atoms with Crippen LogP contribution in [0.4, 0.5) is 0 Å². The molecule has 1 rings (SSSR count). The molecule has 0 unspecified atom stereocenters. The van der Waals surface area contributed by atoms with Crippen molar-refractivity contribution in [1.29, 1.82) is 0 Å². The minimum absolute atomic E-state index is 0.0671. The second kappa shape index (κ2) is 6.76. The molecule has 18 heavy (non-hydrogen) atoms. The van der Waals surface area contributed by atoms with Gasteiger partial charge in [0.25, 0.3) is 6.47 Å². The summed E-state index contributed by atoms with van der Waals surface area (Å²) < 4.78 is 10.1. The van der Waals surface area contributed by atoms with Crippen molar-refractivity contribution >= 4 is 12.4 Å². The fourth-order valence-electron chi connectivity index (χ4n) is 1.40. The normalized spacial score (nSPS) is 10.4. The Morgan fingerprint density at radius 1 is 1.39 bits per heavy atom. The second-order valence-corrected chi connectivity index (χ2v) is 4.29. The van der Waals surface area contributed by atoms with Crippen LogP contribution in [0, 0.1) is 5.92 Å². The summed E-state index contributed by atoms with van der Waals surface area (Å²) in [6, 6.07) is 4.38. The van der Waals surface area contributed by atoms with Crippen molar-refractivity contribution in [1.82, 2.24) is 0 Å². The fourth-order valence-corrected chi connectivity index (χ4v) is 1.40. The maximum Gasteiger partial charge on any atom is 0.335 e. The van der Waals surface area contributed by atoms with Crippen molar-refractivity contribution in [2.45, 2.75) is 20.5 Å². The molecule has 0 radical (unpaired) electrons. The maximum absolute atomic E-state index is 10.9. The van der Waals surface area contributed by atoms with Crippen LogP contribution in [0.1, 0.15) is 29.8 Å². The molecule has 0 bridgehead atoms. The van der Waals surface area contributed by atoms with E-state index in [4.69, 9.17) is 9.84 Å². The largest absolute Gasteiger partial charge is 0.478 e. The summed E-state index contributed by atoms with van der Waals surface area (Å²) >= 11 is 0. The molecule has 0 aliphatic carbocycles. The van der Waals surface area contributed by atoms with E-state index in [1.165, 1.54) is 12.1 Å². The van der Waals surface area contributed by atoms with Gasteiger partial charge in [-0.2, -0.15) is 0 Å². The Morgan fingerprint density at radius 3 is 2.67 bits per heavy atom. The number of carboxylic acids is 1. The number of carbonyl (C=O) groups is 2. The van der Waals surface area contributed by atoms with E-state index in [-0.39, 0.29) is 24.4 Å². The van der Waals surface area contributed by atoms with Crippen LogP contribution in [0.3, 0.4) is 0 Å². The number of hydrogen-bond acceptors (Lipinski definition) is 4. The van der Waals surface area contributed by atoms with Crippen LogP contribution in [0.15, 0.2) is 18.2 Å². The lowest BCUT2D eigenvalue weighted by Crippen LogP contribution is -2.04. The molecule has 0 heterocycles. The molecule has 5 heteroatoms. The summed E-state index contributed by atoms with van der Waals surface area (Å²) in [6.07, 6.45) is 0. The molecule has 0 aromatic heterocycles. The van der Waals surface area contributed by atoms with Crippen LogP contribution in [-0.4, -0.2) is 24.2 Å². The SMILES string of the molecule is CC(C)COCc1cc(OC=O)cc(C(=O)O)c1. The summed E-state index contributed by atoms with van der Waals surface area (Å²) in [4.78, 5) is 21.2. The van der Waals surface area contributed by atoms with Crippen LogP contribution in [0.2, 0.25) is 0 Å². The Balaban J connectivity index is 2.82. The molecular weight excluding hydrogens is 236 g/mol. The summed E-state index contributed by atoms with van der Waals surface area (Å²) in [5.41, 5.74) is 0.727. The Kier molecular flexibility index (Phi) is 5.32. The first-order valence-corrected chi connectivity index (χ1v) is 5.58. The maximum atomic E-state index is 10.9. The van der Waals surface area contributed by atoms with Crippen molar-refractivity contribution in [2.24, 2.45) is 5.92 Å². The zero-order chi connectivity index (χ0) is 13.5. The minimum atomic E-state index is -1.07. The van der Waals surface area contributed by atoms with Crippen LogP contribution >= 0.6 is 0 Å². The van der Waals surface area contributed by atoms with Gasteiger partial charge < -0.3 is 14.6 Å². The van der Waals surface area contributed by atoms with Gasteiger partial charge >= 0.3 is 5.97 Å². The van der Waals surface area contributed by atoms with Gasteiger partial charge in [0.05, 0.1) is 12.2 Å². The highest BCUT2D eigenvalue weighted by Crippen LogP contribution is 2.18. The highest BCUT2D eigenvalue weighted by Gasteiger charge is 2.08. The van der Waals surface area contributed by atoms with Crippen LogP contribution in [-0.2, 0) is 16.1 Å². The number of benzene rings is 1. The molecule has 0 aliphatic heterocycles. The van der Waals surface area contributed by atoms with E-state index in [0.717, 1.165) is 0 Å². The van der Waals surface area contributed by atoms with E-state index >= 15 is 0 Å². The standard InChI is InChI=1S/C13H16O5/c1-9(2)6-17-7-10-3-11(13(15)16)5-12(4-10)18-8-14/h3-5,8-9H,6-7H2,1-2H3,(H,15,16). The van der Waals surface area contributed by atoms with Gasteiger partial charge in [0.15, 0.2) is 0 Å². The molecule has 1 aromatic carbocycles. The summed E-state index contributed by atoms with van der Waals surface area (Å²) in [5, 5.41) is 8.93. The van der Waals surface area contributed by atoms with Crippen molar-refractivity contribution in [3.8, 4) is 5.75 Å². The third-order valence-electron chi connectivity index (χ3n) is 2.12. The van der Waals surface area contributed by atoms with E-state index in [1.807, 2.05) is 13.8 Å². The van der Waals surface area contributed by atoms with E-state index in [0.29, 0.717) is 18.1 Å².